The third kappa shape index (κ3) is 6.88. The molecule has 1 N–H and O–H groups in total. The fraction of sp³-hybridized carbons (Fsp3) is 0.364. The molecule has 2 amide bonds. The molecule has 0 aliphatic heterocycles. The van der Waals surface area contributed by atoms with Crippen LogP contribution >= 0.6 is 23.4 Å². The quantitative estimate of drug-likeness (QED) is 0.651. The third-order valence-corrected chi connectivity index (χ3v) is 5.57. The molecule has 0 radical (unpaired) electrons. The molecule has 0 aliphatic rings. The van der Waals surface area contributed by atoms with Gasteiger partial charge in [0.05, 0.1) is 5.75 Å². The number of carbonyl (C=O) groups is 2. The second-order valence-electron chi connectivity index (χ2n) is 6.93. The first-order valence-corrected chi connectivity index (χ1v) is 10.9. The lowest BCUT2D eigenvalue weighted by molar-refractivity contribution is -0.138. The molecule has 0 aromatic heterocycles. The Balaban J connectivity index is 2.05. The van der Waals surface area contributed by atoms with Crippen molar-refractivity contribution in [1.82, 2.24) is 10.2 Å². The normalized spacial score (nSPS) is 11.9. The van der Waals surface area contributed by atoms with Gasteiger partial charge in [-0.2, -0.15) is 0 Å². The molecule has 28 heavy (non-hydrogen) atoms. The summed E-state index contributed by atoms with van der Waals surface area (Å²) in [5.74, 6) is 0.733. The molecule has 2 aromatic carbocycles. The van der Waals surface area contributed by atoms with Crippen LogP contribution in [0, 0.1) is 0 Å². The van der Waals surface area contributed by atoms with Gasteiger partial charge in [-0.3, -0.25) is 9.59 Å². The Kier molecular flexibility index (Phi) is 8.87. The predicted octanol–water partition coefficient (Wildman–Crippen LogP) is 4.52. The van der Waals surface area contributed by atoms with E-state index in [2.05, 4.69) is 5.32 Å². The number of rotatable bonds is 9. The highest BCUT2D eigenvalue weighted by molar-refractivity contribution is 7.99. The Morgan fingerprint density at radius 3 is 2.32 bits per heavy atom. The number of nitrogens with one attached hydrogen (secondary N) is 1. The summed E-state index contributed by atoms with van der Waals surface area (Å²) >= 11 is 7.69. The van der Waals surface area contributed by atoms with Crippen molar-refractivity contribution < 1.29 is 9.59 Å². The number of carbonyl (C=O) groups excluding carboxylic acids is 2. The highest BCUT2D eigenvalue weighted by Gasteiger charge is 2.26. The molecular weight excluding hydrogens is 392 g/mol. The molecule has 0 spiro atoms. The zero-order chi connectivity index (χ0) is 20.5. The maximum Gasteiger partial charge on any atom is 0.242 e. The molecule has 0 unspecified atom stereocenters. The Hall–Kier alpha value is -1.98. The number of benzene rings is 2. The monoisotopic (exact) mass is 418 g/mol. The first kappa shape index (κ1) is 22.3. The second-order valence-corrected chi connectivity index (χ2v) is 8.32. The molecule has 0 bridgehead atoms. The van der Waals surface area contributed by atoms with E-state index in [9.17, 15) is 9.59 Å². The largest absolute Gasteiger partial charge is 0.352 e. The van der Waals surface area contributed by atoms with Gasteiger partial charge in [0.2, 0.25) is 11.8 Å². The van der Waals surface area contributed by atoms with Crippen molar-refractivity contribution in [3.05, 3.63) is 70.7 Å². The van der Waals surface area contributed by atoms with Crippen LogP contribution in [0.4, 0.5) is 0 Å². The molecule has 0 saturated heterocycles. The smallest absolute Gasteiger partial charge is 0.242 e. The van der Waals surface area contributed by atoms with E-state index in [-0.39, 0.29) is 23.6 Å². The van der Waals surface area contributed by atoms with E-state index in [4.69, 9.17) is 11.6 Å². The highest BCUT2D eigenvalue weighted by Crippen LogP contribution is 2.21. The number of nitrogens with zero attached hydrogens (tertiary/aromatic N) is 1. The van der Waals surface area contributed by atoms with E-state index in [0.717, 1.165) is 11.1 Å². The van der Waals surface area contributed by atoms with Crippen molar-refractivity contribution in [3.63, 3.8) is 0 Å². The van der Waals surface area contributed by atoms with E-state index in [0.29, 0.717) is 17.3 Å². The molecule has 4 nitrogen and oxygen atoms in total. The van der Waals surface area contributed by atoms with E-state index in [1.54, 1.807) is 11.8 Å². The van der Waals surface area contributed by atoms with Crippen LogP contribution in [-0.2, 0) is 21.9 Å². The summed E-state index contributed by atoms with van der Waals surface area (Å²) in [6.07, 6.45) is 0. The molecular formula is C22H27ClN2O2S. The first-order chi connectivity index (χ1) is 13.4. The van der Waals surface area contributed by atoms with Gasteiger partial charge in [-0.25, -0.2) is 0 Å². The van der Waals surface area contributed by atoms with Gasteiger partial charge in [0.15, 0.2) is 0 Å². The van der Waals surface area contributed by atoms with Crippen molar-refractivity contribution in [2.75, 3.05) is 5.75 Å². The zero-order valence-electron chi connectivity index (χ0n) is 16.5. The summed E-state index contributed by atoms with van der Waals surface area (Å²) in [6.45, 7) is 6.00. The van der Waals surface area contributed by atoms with Gasteiger partial charge in [-0.1, -0.05) is 60.1 Å². The van der Waals surface area contributed by atoms with Crippen molar-refractivity contribution in [2.45, 2.75) is 45.2 Å². The number of halogens is 1. The van der Waals surface area contributed by atoms with Crippen molar-refractivity contribution in [3.8, 4) is 0 Å². The Labute approximate surface area is 176 Å². The van der Waals surface area contributed by atoms with E-state index < -0.39 is 6.04 Å². The average molecular weight is 419 g/mol. The van der Waals surface area contributed by atoms with Crippen molar-refractivity contribution in [2.24, 2.45) is 0 Å². The molecule has 0 fully saturated rings. The molecule has 2 rings (SSSR count). The number of amides is 2. The molecule has 1 atom stereocenters. The molecule has 0 saturated carbocycles. The summed E-state index contributed by atoms with van der Waals surface area (Å²) in [4.78, 5) is 27.1. The summed E-state index contributed by atoms with van der Waals surface area (Å²) in [5, 5.41) is 3.60. The van der Waals surface area contributed by atoms with E-state index in [1.807, 2.05) is 68.4 Å². The average Bonchev–Trinajstić information content (AvgIpc) is 2.67. The van der Waals surface area contributed by atoms with E-state index >= 15 is 0 Å². The van der Waals surface area contributed by atoms with Crippen LogP contribution in [0.25, 0.3) is 0 Å². The molecule has 6 heteroatoms. The second kappa shape index (κ2) is 11.1. The fourth-order valence-corrected chi connectivity index (χ4v) is 3.91. The van der Waals surface area contributed by atoms with Gasteiger partial charge in [-0.05, 0) is 38.0 Å². The molecule has 2 aromatic rings. The van der Waals surface area contributed by atoms with Crippen molar-refractivity contribution >= 4 is 35.2 Å². The Morgan fingerprint density at radius 1 is 1.04 bits per heavy atom. The third-order valence-electron chi connectivity index (χ3n) is 4.23. The number of hydrogen-bond acceptors (Lipinski definition) is 3. The minimum Gasteiger partial charge on any atom is -0.352 e. The molecule has 0 aliphatic carbocycles. The van der Waals surface area contributed by atoms with Gasteiger partial charge in [0, 0.05) is 23.4 Å². The van der Waals surface area contributed by atoms with Crippen molar-refractivity contribution in [1.29, 1.82) is 0 Å². The highest BCUT2D eigenvalue weighted by atomic mass is 35.5. The van der Waals surface area contributed by atoms with Crippen LogP contribution < -0.4 is 5.32 Å². The summed E-state index contributed by atoms with van der Waals surface area (Å²) in [5.41, 5.74) is 2.00. The van der Waals surface area contributed by atoms with Crippen LogP contribution in [0.15, 0.2) is 54.6 Å². The Bertz CT molecular complexity index is 783. The Morgan fingerprint density at radius 2 is 1.68 bits per heavy atom. The minimum atomic E-state index is -0.545. The maximum atomic E-state index is 12.9. The number of thioether (sulfide) groups is 1. The molecule has 150 valence electrons. The lowest BCUT2D eigenvalue weighted by atomic mass is 10.1. The van der Waals surface area contributed by atoms with Gasteiger partial charge in [0.25, 0.3) is 0 Å². The topological polar surface area (TPSA) is 49.4 Å². The van der Waals surface area contributed by atoms with Gasteiger partial charge >= 0.3 is 0 Å². The van der Waals surface area contributed by atoms with Gasteiger partial charge in [-0.15, -0.1) is 11.8 Å². The summed E-state index contributed by atoms with van der Waals surface area (Å²) in [7, 11) is 0. The predicted molar refractivity (Wildman–Crippen MR) is 117 cm³/mol. The lowest BCUT2D eigenvalue weighted by Crippen LogP contribution is -2.49. The molecule has 0 heterocycles. The van der Waals surface area contributed by atoms with Crippen LogP contribution in [0.3, 0.4) is 0 Å². The van der Waals surface area contributed by atoms with Crippen LogP contribution in [0.2, 0.25) is 5.02 Å². The standard InChI is InChI=1S/C22H27ClN2O2S/c1-16(2)24-22(27)17(3)25(13-18-9-5-4-6-10-18)21(26)15-28-14-19-11-7-8-12-20(19)23/h4-12,16-17H,13-15H2,1-3H3,(H,24,27)/t17-/m0/s1. The fourth-order valence-electron chi connectivity index (χ4n) is 2.71. The minimum absolute atomic E-state index is 0.0261. The number of hydrogen-bond donors (Lipinski definition) is 1. The lowest BCUT2D eigenvalue weighted by Gasteiger charge is -2.29. The van der Waals surface area contributed by atoms with Crippen LogP contribution in [0.1, 0.15) is 31.9 Å². The van der Waals surface area contributed by atoms with Gasteiger partial charge in [0.1, 0.15) is 6.04 Å². The zero-order valence-corrected chi connectivity index (χ0v) is 18.1. The van der Waals surface area contributed by atoms with Crippen LogP contribution in [-0.4, -0.2) is 34.6 Å². The maximum absolute atomic E-state index is 12.9. The summed E-state index contributed by atoms with van der Waals surface area (Å²) < 4.78 is 0. The van der Waals surface area contributed by atoms with Crippen LogP contribution in [0.5, 0.6) is 0 Å². The summed E-state index contributed by atoms with van der Waals surface area (Å²) in [6, 6.07) is 16.8. The van der Waals surface area contributed by atoms with E-state index in [1.165, 1.54) is 11.8 Å². The first-order valence-electron chi connectivity index (χ1n) is 9.33. The van der Waals surface area contributed by atoms with Gasteiger partial charge < -0.3 is 10.2 Å². The SMILES string of the molecule is CC(C)NC(=O)[C@H](C)N(Cc1ccccc1)C(=O)CSCc1ccccc1Cl.